The van der Waals surface area contributed by atoms with Crippen molar-refractivity contribution in [2.24, 2.45) is 41.4 Å². The Hall–Kier alpha value is -6.46. The molecule has 24 heteroatoms. The maximum atomic E-state index is 15.2. The monoisotopic (exact) mass is 1230 g/mol. The van der Waals surface area contributed by atoms with E-state index in [-0.39, 0.29) is 68.0 Å². The summed E-state index contributed by atoms with van der Waals surface area (Å²) >= 11 is 0. The predicted molar refractivity (Wildman–Crippen MR) is 333 cm³/mol. The van der Waals surface area contributed by atoms with Gasteiger partial charge in [0.1, 0.15) is 60.4 Å². The molecule has 0 saturated carbocycles. The minimum Gasteiger partial charge on any atom is -0.390 e. The van der Waals surface area contributed by atoms with Crippen molar-refractivity contribution in [1.82, 2.24) is 55.6 Å². The molecule has 1 unspecified atom stereocenters. The third-order valence-electron chi connectivity index (χ3n) is 16.2. The van der Waals surface area contributed by atoms with Crippen LogP contribution in [0.2, 0.25) is 0 Å². The van der Waals surface area contributed by atoms with Crippen LogP contribution in [-0.2, 0) is 57.5 Å². The standard InChI is InChI=1S/C63H111N11O13/c1-25-44-59(83)68(18)33-49(76)69(19)45(29-34(2)3)56(80)67-50(38(10)11)62(86)70(20)46(30-35(4)5)55(79)64-42(16)54(78)65-43(17)58(82)71(21)47(31-36(6)7)60(84)72(22)48(32-37(8)9)61(85)73(23)51(39(12)13)63(87)74(24)52(57(81)66-44)53(77)40(14)27-26-28-41(15)75/h26,28,34-40,42-48,50-53,77H,25,27,29-33H2,1-24H3,(H,64,79)(H,65,78)(H,66,81)(H,67,80)/b28-26-/t40-,42+,43+,44+,45+,46+,47+,48+,50+,51+,52?,53-/m1/s1. The number of hydrogen-bond acceptors (Lipinski definition) is 13. The van der Waals surface area contributed by atoms with Crippen molar-refractivity contribution >= 4 is 70.8 Å². The minimum absolute atomic E-state index is 0.0160. The number of carbonyl (C=O) groups excluding carboxylic acids is 12. The molecule has 1 saturated heterocycles. The Morgan fingerprint density at radius 2 is 0.897 bits per heavy atom. The van der Waals surface area contributed by atoms with Gasteiger partial charge in [0.2, 0.25) is 65.0 Å². The van der Waals surface area contributed by atoms with Crippen LogP contribution in [0.15, 0.2) is 12.2 Å². The lowest BCUT2D eigenvalue weighted by Crippen LogP contribution is -2.63. The van der Waals surface area contributed by atoms with Crippen LogP contribution in [0.3, 0.4) is 0 Å². The third kappa shape index (κ3) is 22.6. The molecule has 0 bridgehead atoms. The van der Waals surface area contributed by atoms with Crippen molar-refractivity contribution in [2.75, 3.05) is 55.9 Å². The summed E-state index contributed by atoms with van der Waals surface area (Å²) in [6.45, 7) is 28.5. The van der Waals surface area contributed by atoms with E-state index in [1.165, 1.54) is 107 Å². The van der Waals surface area contributed by atoms with E-state index in [9.17, 15) is 53.1 Å². The number of nitrogens with one attached hydrogen (secondary N) is 4. The zero-order chi connectivity index (χ0) is 67.6. The Balaban J connectivity index is 4.35. The first-order valence-corrected chi connectivity index (χ1v) is 31.0. The number of carbonyl (C=O) groups is 12. The molecule has 496 valence electrons. The number of rotatable bonds is 16. The number of allylic oxidation sites excluding steroid dienone is 2. The first-order chi connectivity index (χ1) is 40.1. The summed E-state index contributed by atoms with van der Waals surface area (Å²) in [6.07, 6.45) is 1.85. The fourth-order valence-corrected chi connectivity index (χ4v) is 10.8. The van der Waals surface area contributed by atoms with Crippen LogP contribution in [0.1, 0.15) is 156 Å². The summed E-state index contributed by atoms with van der Waals surface area (Å²) in [5.74, 6) is -10.5. The Morgan fingerprint density at radius 3 is 1.34 bits per heavy atom. The molecule has 0 aromatic rings. The molecule has 1 aliphatic rings. The highest BCUT2D eigenvalue weighted by molar-refractivity contribution is 5.99. The normalized spacial score (nSPS) is 26.5. The molecule has 11 amide bonds. The molecule has 1 rings (SSSR count). The molecule has 0 radical (unpaired) electrons. The SMILES string of the molecule is CC[C@@H]1NC(=O)C([C@H](O)[C@H](C)C/C=C\C(C)=O)N(C)C(=O)[C@H](C(C)C)N(C)C(=O)[C@H](CC(C)C)N(C)C(=O)[C@H](CC(C)C)N(C)C(=O)[C@H](C)NC(=O)[C@H](C)NC(=O)[C@H](CC(C)C)N(C)C(=O)[C@H](C(C)C)NC(=O)[C@H](CC(C)C)N(C)C(=O)CN(C)C1=O. The summed E-state index contributed by atoms with van der Waals surface area (Å²) in [4.78, 5) is 180. The zero-order valence-electron chi connectivity index (χ0n) is 57.0. The Kier molecular flexibility index (Phi) is 32.1. The molecule has 1 heterocycles. The van der Waals surface area contributed by atoms with Crippen LogP contribution < -0.4 is 21.3 Å². The van der Waals surface area contributed by atoms with E-state index in [1.807, 2.05) is 55.4 Å². The van der Waals surface area contributed by atoms with E-state index in [2.05, 4.69) is 21.3 Å². The number of aliphatic hydroxyl groups excluding tert-OH is 1. The first kappa shape index (κ1) is 78.6. The van der Waals surface area contributed by atoms with Gasteiger partial charge in [0.15, 0.2) is 5.78 Å². The van der Waals surface area contributed by atoms with Gasteiger partial charge < -0.3 is 60.7 Å². The summed E-state index contributed by atoms with van der Waals surface area (Å²) in [5, 5.41) is 23.1. The second kappa shape index (κ2) is 35.5. The van der Waals surface area contributed by atoms with Crippen molar-refractivity contribution in [3.63, 3.8) is 0 Å². The van der Waals surface area contributed by atoms with E-state index >= 15 is 9.59 Å². The lowest BCUT2D eigenvalue weighted by Gasteiger charge is -2.41. The largest absolute Gasteiger partial charge is 0.390 e. The fourth-order valence-electron chi connectivity index (χ4n) is 10.8. The molecule has 24 nitrogen and oxygen atoms in total. The summed E-state index contributed by atoms with van der Waals surface area (Å²) in [6, 6.07) is -12.6. The van der Waals surface area contributed by atoms with E-state index < -0.39 is 156 Å². The average Bonchev–Trinajstić information content (AvgIpc) is 1.19. The van der Waals surface area contributed by atoms with Gasteiger partial charge in [-0.05, 0) is 107 Å². The molecular weight excluding hydrogens is 1120 g/mol. The van der Waals surface area contributed by atoms with Gasteiger partial charge in [-0.1, -0.05) is 103 Å². The Morgan fingerprint density at radius 1 is 0.483 bits per heavy atom. The van der Waals surface area contributed by atoms with E-state index in [1.54, 1.807) is 41.5 Å². The lowest BCUT2D eigenvalue weighted by molar-refractivity contribution is -0.157. The topological polar surface area (TPSA) is 296 Å². The predicted octanol–water partition coefficient (Wildman–Crippen LogP) is 2.84. The van der Waals surface area contributed by atoms with Gasteiger partial charge >= 0.3 is 0 Å². The quantitative estimate of drug-likeness (QED) is 0.139. The first-order valence-electron chi connectivity index (χ1n) is 31.0. The fraction of sp³-hybridized carbons (Fsp3) is 0.778. The van der Waals surface area contributed by atoms with Crippen molar-refractivity contribution < 1.29 is 62.6 Å². The minimum atomic E-state index is -1.70. The van der Waals surface area contributed by atoms with Crippen molar-refractivity contribution in [3.8, 4) is 0 Å². The van der Waals surface area contributed by atoms with Gasteiger partial charge in [0, 0.05) is 49.3 Å². The van der Waals surface area contributed by atoms with E-state index in [0.29, 0.717) is 0 Å². The van der Waals surface area contributed by atoms with Gasteiger partial charge in [-0.3, -0.25) is 57.5 Å². The molecule has 87 heavy (non-hydrogen) atoms. The molecule has 1 aliphatic heterocycles. The molecule has 0 aromatic carbocycles. The van der Waals surface area contributed by atoms with Crippen molar-refractivity contribution in [2.45, 2.75) is 223 Å². The molecule has 12 atom stereocenters. The van der Waals surface area contributed by atoms with E-state index in [0.717, 1.165) is 9.80 Å². The van der Waals surface area contributed by atoms with Crippen LogP contribution >= 0.6 is 0 Å². The molecule has 0 aliphatic carbocycles. The maximum absolute atomic E-state index is 15.2. The number of likely N-dealkylation sites (N-methyl/N-ethyl adjacent to an activating group) is 7. The second-order valence-corrected chi connectivity index (χ2v) is 26.5. The summed E-state index contributed by atoms with van der Waals surface area (Å²) < 4.78 is 0. The van der Waals surface area contributed by atoms with Crippen LogP contribution in [-0.4, -0.2) is 233 Å². The average molecular weight is 1230 g/mol. The highest BCUT2D eigenvalue weighted by atomic mass is 16.3. The van der Waals surface area contributed by atoms with Crippen LogP contribution in [0.25, 0.3) is 0 Å². The van der Waals surface area contributed by atoms with E-state index in [4.69, 9.17) is 0 Å². The molecule has 5 N–H and O–H groups in total. The number of amides is 11. The Labute approximate surface area is 519 Å². The summed E-state index contributed by atoms with van der Waals surface area (Å²) in [7, 11) is 9.76. The number of ketones is 1. The van der Waals surface area contributed by atoms with Gasteiger partial charge in [-0.25, -0.2) is 0 Å². The smallest absolute Gasteiger partial charge is 0.246 e. The van der Waals surface area contributed by atoms with Gasteiger partial charge in [0.25, 0.3) is 0 Å². The lowest BCUT2D eigenvalue weighted by atomic mass is 9.91. The highest BCUT2D eigenvalue weighted by Gasteiger charge is 2.45. The number of hydrogen-bond donors (Lipinski definition) is 5. The zero-order valence-corrected chi connectivity index (χ0v) is 57.0. The molecule has 1 fully saturated rings. The number of aliphatic hydroxyl groups is 1. The van der Waals surface area contributed by atoms with Crippen LogP contribution in [0.4, 0.5) is 0 Å². The molecule has 0 aromatic heterocycles. The Bertz CT molecular complexity index is 2430. The summed E-state index contributed by atoms with van der Waals surface area (Å²) in [5.41, 5.74) is 0. The van der Waals surface area contributed by atoms with Crippen LogP contribution in [0, 0.1) is 41.4 Å². The highest BCUT2D eigenvalue weighted by Crippen LogP contribution is 2.26. The van der Waals surface area contributed by atoms with Crippen molar-refractivity contribution in [1.29, 1.82) is 0 Å². The number of nitrogens with zero attached hydrogens (tertiary/aromatic N) is 7. The molecule has 0 spiro atoms. The van der Waals surface area contributed by atoms with Gasteiger partial charge in [-0.15, -0.1) is 0 Å². The molecular formula is C63H111N11O13. The second-order valence-electron chi connectivity index (χ2n) is 26.5. The van der Waals surface area contributed by atoms with Crippen molar-refractivity contribution in [3.05, 3.63) is 12.2 Å². The van der Waals surface area contributed by atoms with Gasteiger partial charge in [-0.2, -0.15) is 0 Å². The van der Waals surface area contributed by atoms with Gasteiger partial charge in [0.05, 0.1) is 12.6 Å². The van der Waals surface area contributed by atoms with Crippen LogP contribution in [0.5, 0.6) is 0 Å². The third-order valence-corrected chi connectivity index (χ3v) is 16.2. The maximum Gasteiger partial charge on any atom is 0.246 e.